The fourth-order valence-electron chi connectivity index (χ4n) is 2.83. The number of hydrogen-bond donors (Lipinski definition) is 1. The smallest absolute Gasteiger partial charge is 0.316 e. The molecular weight excluding hydrogens is 243 g/mol. The Morgan fingerprint density at radius 3 is 2.28 bits per heavy atom. The molecule has 0 spiro atoms. The Labute approximate surface area is 106 Å². The average Bonchev–Trinajstić information content (AvgIpc) is 2.31. The maximum atomic E-state index is 12.2. The summed E-state index contributed by atoms with van der Waals surface area (Å²) in [6.07, 6.45) is -1.59. The van der Waals surface area contributed by atoms with Gasteiger partial charge in [-0.2, -0.15) is 13.2 Å². The van der Waals surface area contributed by atoms with Gasteiger partial charge < -0.3 is 10.2 Å². The Morgan fingerprint density at radius 2 is 1.72 bits per heavy atom. The van der Waals surface area contributed by atoms with E-state index in [1.807, 2.05) is 0 Å². The minimum Gasteiger partial charge on any atom is -0.316 e. The summed E-state index contributed by atoms with van der Waals surface area (Å²) in [5.41, 5.74) is 0. The van der Waals surface area contributed by atoms with Crippen LogP contribution in [-0.2, 0) is 0 Å². The number of alkyl halides is 3. The minimum absolute atomic E-state index is 0.541. The summed E-state index contributed by atoms with van der Waals surface area (Å²) in [5.74, 6) is 0.674. The SMILES string of the molecule is FC(F)(F)CN1CCN(CC2CCCNC2)CC1. The molecule has 2 heterocycles. The van der Waals surface area contributed by atoms with Crippen LogP contribution in [0.2, 0.25) is 0 Å². The second kappa shape index (κ2) is 6.21. The van der Waals surface area contributed by atoms with Gasteiger partial charge >= 0.3 is 6.18 Å². The van der Waals surface area contributed by atoms with Crippen LogP contribution in [0.4, 0.5) is 13.2 Å². The fourth-order valence-corrected chi connectivity index (χ4v) is 2.83. The van der Waals surface area contributed by atoms with E-state index in [-0.39, 0.29) is 0 Å². The zero-order valence-corrected chi connectivity index (χ0v) is 10.7. The summed E-state index contributed by atoms with van der Waals surface area (Å²) in [5, 5.41) is 3.38. The second-order valence-corrected chi connectivity index (χ2v) is 5.40. The number of nitrogens with zero attached hydrogens (tertiary/aromatic N) is 2. The molecule has 2 aliphatic rings. The summed E-state index contributed by atoms with van der Waals surface area (Å²) in [7, 11) is 0. The number of halogens is 3. The van der Waals surface area contributed by atoms with Crippen LogP contribution in [0.25, 0.3) is 0 Å². The van der Waals surface area contributed by atoms with Gasteiger partial charge in [-0.3, -0.25) is 4.90 Å². The summed E-state index contributed by atoms with van der Waals surface area (Å²) < 4.78 is 36.7. The Hall–Kier alpha value is -0.330. The van der Waals surface area contributed by atoms with E-state index in [0.717, 1.165) is 32.7 Å². The van der Waals surface area contributed by atoms with Crippen LogP contribution in [-0.4, -0.2) is 68.3 Å². The predicted octanol–water partition coefficient (Wildman–Crippen LogP) is 1.17. The summed E-state index contributed by atoms with van der Waals surface area (Å²) in [4.78, 5) is 3.82. The first kappa shape index (κ1) is 14.1. The molecule has 2 saturated heterocycles. The third-order valence-corrected chi connectivity index (χ3v) is 3.78. The summed E-state index contributed by atoms with van der Waals surface area (Å²) in [6, 6.07) is 0. The summed E-state index contributed by atoms with van der Waals surface area (Å²) >= 11 is 0. The third-order valence-electron chi connectivity index (χ3n) is 3.78. The lowest BCUT2D eigenvalue weighted by atomic mass is 9.99. The van der Waals surface area contributed by atoms with Crippen LogP contribution in [0.5, 0.6) is 0 Å². The first-order valence-electron chi connectivity index (χ1n) is 6.75. The molecule has 0 radical (unpaired) electrons. The standard InChI is InChI=1S/C12H22F3N3/c13-12(14,15)10-18-6-4-17(5-7-18)9-11-2-1-3-16-8-11/h11,16H,1-10H2. The molecule has 0 aromatic carbocycles. The van der Waals surface area contributed by atoms with Gasteiger partial charge in [0.05, 0.1) is 6.54 Å². The summed E-state index contributed by atoms with van der Waals surface area (Å²) in [6.45, 7) is 5.07. The fraction of sp³-hybridized carbons (Fsp3) is 1.00. The molecule has 0 bridgehead atoms. The van der Waals surface area contributed by atoms with Crippen molar-refractivity contribution in [3.63, 3.8) is 0 Å². The van der Waals surface area contributed by atoms with Gasteiger partial charge in [-0.15, -0.1) is 0 Å². The third kappa shape index (κ3) is 4.74. The van der Waals surface area contributed by atoms with Crippen molar-refractivity contribution in [2.24, 2.45) is 5.92 Å². The molecule has 1 atom stereocenters. The number of piperidine rings is 1. The molecule has 0 amide bonds. The Balaban J connectivity index is 1.66. The number of rotatable bonds is 3. The van der Waals surface area contributed by atoms with E-state index >= 15 is 0 Å². The van der Waals surface area contributed by atoms with Crippen molar-refractivity contribution in [1.82, 2.24) is 15.1 Å². The van der Waals surface area contributed by atoms with Gasteiger partial charge in [-0.25, -0.2) is 0 Å². The molecule has 0 aliphatic carbocycles. The molecule has 0 aromatic heterocycles. The van der Waals surface area contributed by atoms with Crippen LogP contribution in [0.3, 0.4) is 0 Å². The lowest BCUT2D eigenvalue weighted by molar-refractivity contribution is -0.149. The highest BCUT2D eigenvalue weighted by molar-refractivity contribution is 4.78. The van der Waals surface area contributed by atoms with E-state index < -0.39 is 12.7 Å². The Bertz CT molecular complexity index is 243. The zero-order valence-electron chi connectivity index (χ0n) is 10.7. The van der Waals surface area contributed by atoms with Crippen molar-refractivity contribution in [1.29, 1.82) is 0 Å². The quantitative estimate of drug-likeness (QED) is 0.826. The van der Waals surface area contributed by atoms with E-state index in [0.29, 0.717) is 19.0 Å². The van der Waals surface area contributed by atoms with Gasteiger partial charge in [0.15, 0.2) is 0 Å². The van der Waals surface area contributed by atoms with Gasteiger partial charge in [-0.05, 0) is 31.8 Å². The molecule has 2 aliphatic heterocycles. The molecule has 0 aromatic rings. The molecule has 3 nitrogen and oxygen atoms in total. The number of nitrogens with one attached hydrogen (secondary N) is 1. The molecule has 1 unspecified atom stereocenters. The largest absolute Gasteiger partial charge is 0.401 e. The van der Waals surface area contributed by atoms with Gasteiger partial charge in [0.2, 0.25) is 0 Å². The van der Waals surface area contributed by atoms with Gasteiger partial charge in [0.25, 0.3) is 0 Å². The molecule has 0 saturated carbocycles. The van der Waals surface area contributed by atoms with Gasteiger partial charge in [0, 0.05) is 32.7 Å². The number of piperazine rings is 1. The minimum atomic E-state index is -4.06. The van der Waals surface area contributed by atoms with Crippen molar-refractivity contribution in [3.8, 4) is 0 Å². The first-order valence-corrected chi connectivity index (χ1v) is 6.75. The van der Waals surface area contributed by atoms with Crippen molar-refractivity contribution in [2.45, 2.75) is 19.0 Å². The van der Waals surface area contributed by atoms with Crippen LogP contribution >= 0.6 is 0 Å². The van der Waals surface area contributed by atoms with E-state index in [1.54, 1.807) is 0 Å². The Kier molecular flexibility index (Phi) is 4.86. The molecule has 106 valence electrons. The highest BCUT2D eigenvalue weighted by atomic mass is 19.4. The van der Waals surface area contributed by atoms with Crippen molar-refractivity contribution >= 4 is 0 Å². The van der Waals surface area contributed by atoms with Crippen LogP contribution in [0.1, 0.15) is 12.8 Å². The van der Waals surface area contributed by atoms with Crippen molar-refractivity contribution in [3.05, 3.63) is 0 Å². The molecule has 1 N–H and O–H groups in total. The van der Waals surface area contributed by atoms with Gasteiger partial charge in [-0.1, -0.05) is 0 Å². The second-order valence-electron chi connectivity index (χ2n) is 5.40. The Morgan fingerprint density at radius 1 is 1.06 bits per heavy atom. The lowest BCUT2D eigenvalue weighted by Crippen LogP contribution is -2.51. The highest BCUT2D eigenvalue weighted by Crippen LogP contribution is 2.18. The highest BCUT2D eigenvalue weighted by Gasteiger charge is 2.32. The molecular formula is C12H22F3N3. The average molecular weight is 265 g/mol. The first-order chi connectivity index (χ1) is 8.53. The molecule has 6 heteroatoms. The monoisotopic (exact) mass is 265 g/mol. The van der Waals surface area contributed by atoms with E-state index in [9.17, 15) is 13.2 Å². The van der Waals surface area contributed by atoms with Crippen molar-refractivity contribution in [2.75, 3.05) is 52.4 Å². The van der Waals surface area contributed by atoms with Crippen LogP contribution < -0.4 is 5.32 Å². The molecule has 2 fully saturated rings. The van der Waals surface area contributed by atoms with E-state index in [1.165, 1.54) is 17.7 Å². The van der Waals surface area contributed by atoms with E-state index in [4.69, 9.17) is 0 Å². The zero-order chi connectivity index (χ0) is 13.0. The van der Waals surface area contributed by atoms with Crippen LogP contribution in [0, 0.1) is 5.92 Å². The van der Waals surface area contributed by atoms with Gasteiger partial charge in [0.1, 0.15) is 0 Å². The predicted molar refractivity (Wildman–Crippen MR) is 64.5 cm³/mol. The lowest BCUT2D eigenvalue weighted by Gasteiger charge is -2.37. The topological polar surface area (TPSA) is 18.5 Å². The normalized spacial score (nSPS) is 28.5. The number of hydrogen-bond acceptors (Lipinski definition) is 3. The molecule has 18 heavy (non-hydrogen) atoms. The van der Waals surface area contributed by atoms with E-state index in [2.05, 4.69) is 10.2 Å². The maximum Gasteiger partial charge on any atom is 0.401 e. The van der Waals surface area contributed by atoms with Crippen LogP contribution in [0.15, 0.2) is 0 Å². The van der Waals surface area contributed by atoms with Crippen molar-refractivity contribution < 1.29 is 13.2 Å². The molecule has 2 rings (SSSR count). The maximum absolute atomic E-state index is 12.2.